The number of rotatable bonds is 5. The lowest BCUT2D eigenvalue weighted by atomic mass is 10.1. The molecule has 2 unspecified atom stereocenters. The summed E-state index contributed by atoms with van der Waals surface area (Å²) in [6.07, 6.45) is 0.673. The van der Waals surface area contributed by atoms with Crippen molar-refractivity contribution in [3.8, 4) is 5.75 Å². The molecule has 6 heteroatoms. The summed E-state index contributed by atoms with van der Waals surface area (Å²) >= 11 is 0. The largest absolute Gasteiger partial charge is 0.495 e. The number of ether oxygens (including phenoxy) is 1. The van der Waals surface area contributed by atoms with E-state index in [0.29, 0.717) is 23.4 Å². The Morgan fingerprint density at radius 3 is 2.68 bits per heavy atom. The van der Waals surface area contributed by atoms with Gasteiger partial charge in [-0.2, -0.15) is 0 Å². The minimum atomic E-state index is -0.302. The Labute approximate surface area is 145 Å². The molecule has 3 rings (SSSR count). The summed E-state index contributed by atoms with van der Waals surface area (Å²) in [6, 6.07) is 11.2. The van der Waals surface area contributed by atoms with Gasteiger partial charge in [0.25, 0.3) is 5.91 Å². The van der Waals surface area contributed by atoms with Gasteiger partial charge in [-0.05, 0) is 48.2 Å². The molecule has 25 heavy (non-hydrogen) atoms. The first-order valence-corrected chi connectivity index (χ1v) is 8.00. The fraction of sp³-hybridized carbons (Fsp3) is 0.263. The Morgan fingerprint density at radius 1 is 1.20 bits per heavy atom. The van der Waals surface area contributed by atoms with E-state index in [1.165, 1.54) is 19.2 Å². The molecule has 2 atom stereocenters. The van der Waals surface area contributed by atoms with Gasteiger partial charge >= 0.3 is 0 Å². The number of hydrogen-bond donors (Lipinski definition) is 2. The summed E-state index contributed by atoms with van der Waals surface area (Å²) in [4.78, 5) is 24.3. The van der Waals surface area contributed by atoms with Crippen LogP contribution in [0.4, 0.5) is 10.1 Å². The molecular formula is C19H19FN2O3. The van der Waals surface area contributed by atoms with Crippen molar-refractivity contribution in [2.24, 2.45) is 5.92 Å². The van der Waals surface area contributed by atoms with Crippen LogP contribution in [0.1, 0.15) is 28.3 Å². The Hall–Kier alpha value is -2.89. The average molecular weight is 342 g/mol. The molecule has 1 fully saturated rings. The summed E-state index contributed by atoms with van der Waals surface area (Å²) < 4.78 is 18.6. The Bertz CT molecular complexity index is 822. The van der Waals surface area contributed by atoms with Crippen molar-refractivity contribution in [1.82, 2.24) is 5.32 Å². The van der Waals surface area contributed by atoms with Gasteiger partial charge in [0.1, 0.15) is 11.6 Å². The Kier molecular flexibility index (Phi) is 4.70. The zero-order chi connectivity index (χ0) is 18.0. The van der Waals surface area contributed by atoms with Crippen molar-refractivity contribution >= 4 is 17.5 Å². The second kappa shape index (κ2) is 6.93. The summed E-state index contributed by atoms with van der Waals surface area (Å²) in [7, 11) is 3.04. The van der Waals surface area contributed by atoms with E-state index < -0.39 is 0 Å². The minimum Gasteiger partial charge on any atom is -0.495 e. The van der Waals surface area contributed by atoms with E-state index >= 15 is 0 Å². The van der Waals surface area contributed by atoms with Gasteiger partial charge in [0.05, 0.1) is 12.8 Å². The van der Waals surface area contributed by atoms with Gasteiger partial charge in [-0.25, -0.2) is 4.39 Å². The first-order valence-electron chi connectivity index (χ1n) is 8.00. The lowest BCUT2D eigenvalue weighted by molar-refractivity contribution is -0.117. The highest BCUT2D eigenvalue weighted by molar-refractivity contribution is 5.99. The number of halogens is 1. The van der Waals surface area contributed by atoms with Gasteiger partial charge in [-0.1, -0.05) is 12.1 Å². The minimum absolute atomic E-state index is 0.0174. The molecule has 0 radical (unpaired) electrons. The zero-order valence-electron chi connectivity index (χ0n) is 14.0. The van der Waals surface area contributed by atoms with Crippen LogP contribution in [0, 0.1) is 11.7 Å². The van der Waals surface area contributed by atoms with E-state index in [1.54, 1.807) is 31.3 Å². The molecule has 2 amide bonds. The number of nitrogens with one attached hydrogen (secondary N) is 2. The molecular weight excluding hydrogens is 323 g/mol. The van der Waals surface area contributed by atoms with Crippen molar-refractivity contribution in [1.29, 1.82) is 0 Å². The van der Waals surface area contributed by atoms with E-state index in [4.69, 9.17) is 4.74 Å². The molecule has 1 aliphatic rings. The molecule has 1 aliphatic carbocycles. The van der Waals surface area contributed by atoms with Gasteiger partial charge in [0, 0.05) is 18.5 Å². The highest BCUT2D eigenvalue weighted by atomic mass is 19.1. The predicted octanol–water partition coefficient (Wildman–Crippen LogP) is 2.94. The van der Waals surface area contributed by atoms with Crippen LogP contribution in [0.3, 0.4) is 0 Å². The van der Waals surface area contributed by atoms with Crippen LogP contribution < -0.4 is 15.4 Å². The molecule has 2 aromatic carbocycles. The fourth-order valence-electron chi connectivity index (χ4n) is 2.91. The Morgan fingerprint density at radius 2 is 2.00 bits per heavy atom. The van der Waals surface area contributed by atoms with Crippen molar-refractivity contribution in [2.45, 2.75) is 12.3 Å². The molecule has 0 heterocycles. The lowest BCUT2D eigenvalue weighted by Gasteiger charge is -2.12. The maximum atomic E-state index is 13.3. The van der Waals surface area contributed by atoms with Crippen LogP contribution >= 0.6 is 0 Å². The molecule has 5 nitrogen and oxygen atoms in total. The van der Waals surface area contributed by atoms with Crippen molar-refractivity contribution in [2.75, 3.05) is 19.5 Å². The maximum absolute atomic E-state index is 13.3. The third kappa shape index (κ3) is 3.63. The highest BCUT2D eigenvalue weighted by Gasteiger charge is 2.44. The molecule has 0 aromatic heterocycles. The van der Waals surface area contributed by atoms with Crippen LogP contribution in [0.2, 0.25) is 0 Å². The van der Waals surface area contributed by atoms with Gasteiger partial charge in [0.2, 0.25) is 5.91 Å². The smallest absolute Gasteiger partial charge is 0.251 e. The number of hydrogen-bond acceptors (Lipinski definition) is 3. The van der Waals surface area contributed by atoms with E-state index in [1.807, 2.05) is 6.07 Å². The van der Waals surface area contributed by atoms with Gasteiger partial charge < -0.3 is 15.4 Å². The van der Waals surface area contributed by atoms with Gasteiger partial charge in [0.15, 0.2) is 0 Å². The van der Waals surface area contributed by atoms with Crippen LogP contribution in [-0.2, 0) is 4.79 Å². The quantitative estimate of drug-likeness (QED) is 0.878. The number of carbonyl (C=O) groups excluding carboxylic acids is 2. The van der Waals surface area contributed by atoms with E-state index in [2.05, 4.69) is 10.6 Å². The standard InChI is InChI=1S/C19H19FN2O3/c1-21-18(23)12-6-7-17(25-2)16(9-12)22-19(24)15-10-14(15)11-4-3-5-13(20)8-11/h3-9,14-15H,10H2,1-2H3,(H,21,23)(H,22,24). The number of amides is 2. The van der Waals surface area contributed by atoms with Crippen LogP contribution in [0.15, 0.2) is 42.5 Å². The van der Waals surface area contributed by atoms with E-state index in [0.717, 1.165) is 5.56 Å². The van der Waals surface area contributed by atoms with Crippen molar-refractivity contribution in [3.63, 3.8) is 0 Å². The summed E-state index contributed by atoms with van der Waals surface area (Å²) in [5.74, 6) is -0.435. The van der Waals surface area contributed by atoms with Gasteiger partial charge in [-0.15, -0.1) is 0 Å². The molecule has 2 aromatic rings. The SMILES string of the molecule is CNC(=O)c1ccc(OC)c(NC(=O)C2CC2c2cccc(F)c2)c1. The molecule has 0 saturated heterocycles. The Balaban J connectivity index is 1.74. The van der Waals surface area contributed by atoms with E-state index in [9.17, 15) is 14.0 Å². The average Bonchev–Trinajstić information content (AvgIpc) is 3.42. The third-order valence-corrected chi connectivity index (χ3v) is 4.35. The predicted molar refractivity (Wildman–Crippen MR) is 92.3 cm³/mol. The molecule has 1 saturated carbocycles. The van der Waals surface area contributed by atoms with Crippen LogP contribution in [0.25, 0.3) is 0 Å². The normalized spacial score (nSPS) is 18.4. The second-order valence-corrected chi connectivity index (χ2v) is 5.99. The maximum Gasteiger partial charge on any atom is 0.251 e. The monoisotopic (exact) mass is 342 g/mol. The number of carbonyl (C=O) groups is 2. The number of benzene rings is 2. The van der Waals surface area contributed by atoms with E-state index in [-0.39, 0.29) is 29.5 Å². The van der Waals surface area contributed by atoms with Crippen LogP contribution in [-0.4, -0.2) is 26.0 Å². The van der Waals surface area contributed by atoms with Crippen molar-refractivity contribution < 1.29 is 18.7 Å². The molecule has 2 N–H and O–H groups in total. The second-order valence-electron chi connectivity index (χ2n) is 5.99. The highest BCUT2D eigenvalue weighted by Crippen LogP contribution is 2.48. The summed E-state index contributed by atoms with van der Waals surface area (Å²) in [5.41, 5.74) is 1.70. The molecule has 0 spiro atoms. The summed E-state index contributed by atoms with van der Waals surface area (Å²) in [6.45, 7) is 0. The topological polar surface area (TPSA) is 67.4 Å². The zero-order valence-corrected chi connectivity index (χ0v) is 14.0. The number of anilines is 1. The van der Waals surface area contributed by atoms with Crippen molar-refractivity contribution in [3.05, 3.63) is 59.4 Å². The summed E-state index contributed by atoms with van der Waals surface area (Å²) in [5, 5.41) is 5.36. The number of methoxy groups -OCH3 is 1. The molecule has 0 aliphatic heterocycles. The van der Waals surface area contributed by atoms with Gasteiger partial charge in [-0.3, -0.25) is 9.59 Å². The fourth-order valence-corrected chi connectivity index (χ4v) is 2.91. The first kappa shape index (κ1) is 17.0. The first-order chi connectivity index (χ1) is 12.0. The van der Waals surface area contributed by atoms with Crippen LogP contribution in [0.5, 0.6) is 5.75 Å². The lowest BCUT2D eigenvalue weighted by Crippen LogP contribution is -2.19. The molecule has 0 bridgehead atoms. The third-order valence-electron chi connectivity index (χ3n) is 4.35. The molecule has 130 valence electrons.